The number of carbonyl (C=O) groups excluding carboxylic acids is 2. The summed E-state index contributed by atoms with van der Waals surface area (Å²) in [5.74, 6) is -2.12. The van der Waals surface area contributed by atoms with Gasteiger partial charge in [0.05, 0.1) is 6.26 Å². The lowest BCUT2D eigenvalue weighted by molar-refractivity contribution is -0.192. The molecule has 9 nitrogen and oxygen atoms in total. The zero-order chi connectivity index (χ0) is 35.2. The second-order valence-corrected chi connectivity index (χ2v) is 11.4. The zero-order valence-corrected chi connectivity index (χ0v) is 26.7. The summed E-state index contributed by atoms with van der Waals surface area (Å²) < 4.78 is 37.1. The second-order valence-electron chi connectivity index (χ2n) is 11.4. The van der Waals surface area contributed by atoms with E-state index in [9.17, 15) is 27.9 Å². The molecular formula is C37H38F3N3O6. The first-order valence-electron chi connectivity index (χ1n) is 15.8. The molecule has 0 bridgehead atoms. The van der Waals surface area contributed by atoms with Crippen LogP contribution in [0.1, 0.15) is 40.1 Å². The number of likely N-dealkylation sites (tertiary alicyclic amines) is 1. The van der Waals surface area contributed by atoms with Gasteiger partial charge in [-0.15, -0.1) is 0 Å². The molecule has 0 saturated carbocycles. The minimum Gasteiger partial charge on any atom is -0.508 e. The van der Waals surface area contributed by atoms with Gasteiger partial charge in [0, 0.05) is 37.8 Å². The Labute approximate surface area is 282 Å². The number of nitrogens with zero attached hydrogens (tertiary/aromatic N) is 2. The lowest BCUT2D eigenvalue weighted by atomic mass is 10.0. The van der Waals surface area contributed by atoms with Gasteiger partial charge >= 0.3 is 12.1 Å². The van der Waals surface area contributed by atoms with Crippen molar-refractivity contribution in [3.63, 3.8) is 0 Å². The predicted octanol–water partition coefficient (Wildman–Crippen LogP) is 6.40. The Hall–Kier alpha value is -5.36. The average molecular weight is 678 g/mol. The highest BCUT2D eigenvalue weighted by Crippen LogP contribution is 2.23. The van der Waals surface area contributed by atoms with Crippen molar-refractivity contribution in [2.45, 2.75) is 32.0 Å². The van der Waals surface area contributed by atoms with E-state index in [1.54, 1.807) is 41.5 Å². The van der Waals surface area contributed by atoms with Crippen molar-refractivity contribution >= 4 is 23.9 Å². The van der Waals surface area contributed by atoms with E-state index in [0.717, 1.165) is 41.9 Å². The predicted molar refractivity (Wildman–Crippen MR) is 179 cm³/mol. The summed E-state index contributed by atoms with van der Waals surface area (Å²) >= 11 is 0. The van der Waals surface area contributed by atoms with Crippen molar-refractivity contribution in [2.24, 2.45) is 0 Å². The Kier molecular flexibility index (Phi) is 13.2. The van der Waals surface area contributed by atoms with E-state index >= 15 is 0 Å². The van der Waals surface area contributed by atoms with Crippen LogP contribution in [0.3, 0.4) is 0 Å². The highest BCUT2D eigenvalue weighted by Gasteiger charge is 2.38. The Bertz CT molecular complexity index is 1700. The Morgan fingerprint density at radius 3 is 2.22 bits per heavy atom. The molecule has 2 amide bonds. The van der Waals surface area contributed by atoms with Gasteiger partial charge in [0.2, 0.25) is 5.91 Å². The number of amides is 2. The number of benzene rings is 3. The van der Waals surface area contributed by atoms with Gasteiger partial charge in [-0.05, 0) is 103 Å². The van der Waals surface area contributed by atoms with Crippen LogP contribution in [0.4, 0.5) is 13.2 Å². The summed E-state index contributed by atoms with van der Waals surface area (Å²) in [6.45, 7) is 4.67. The molecule has 1 fully saturated rings. The molecule has 0 spiro atoms. The smallest absolute Gasteiger partial charge is 0.490 e. The number of nitrogens with one attached hydrogen (secondary N) is 1. The van der Waals surface area contributed by atoms with E-state index in [-0.39, 0.29) is 17.6 Å². The number of phenolic OH excluding ortho intramolecular Hbond substituents is 1. The van der Waals surface area contributed by atoms with Gasteiger partial charge in [0.15, 0.2) is 0 Å². The fourth-order valence-electron chi connectivity index (χ4n) is 5.18. The molecule has 3 aromatic carbocycles. The maximum absolute atomic E-state index is 13.3. The van der Waals surface area contributed by atoms with Crippen molar-refractivity contribution in [1.29, 1.82) is 0 Å². The largest absolute Gasteiger partial charge is 0.508 e. The van der Waals surface area contributed by atoms with E-state index in [4.69, 9.17) is 14.3 Å². The van der Waals surface area contributed by atoms with Crippen molar-refractivity contribution in [3.8, 4) is 16.9 Å². The molecule has 0 unspecified atom stereocenters. The monoisotopic (exact) mass is 677 g/mol. The van der Waals surface area contributed by atoms with Crippen molar-refractivity contribution < 1.29 is 42.2 Å². The van der Waals surface area contributed by atoms with Crippen LogP contribution in [0.5, 0.6) is 5.75 Å². The molecule has 258 valence electrons. The number of phenols is 1. The van der Waals surface area contributed by atoms with Crippen LogP contribution in [0, 0.1) is 0 Å². The van der Waals surface area contributed by atoms with Gasteiger partial charge in [-0.1, -0.05) is 42.5 Å². The number of halogens is 3. The Morgan fingerprint density at radius 1 is 0.898 bits per heavy atom. The lowest BCUT2D eigenvalue weighted by Gasteiger charge is -2.22. The molecule has 2 heterocycles. The maximum atomic E-state index is 13.3. The minimum atomic E-state index is -5.08. The van der Waals surface area contributed by atoms with Gasteiger partial charge in [-0.25, -0.2) is 4.79 Å². The molecule has 3 N–H and O–H groups in total. The first kappa shape index (κ1) is 36.5. The molecular weight excluding hydrogens is 639 g/mol. The van der Waals surface area contributed by atoms with Crippen molar-refractivity contribution in [1.82, 2.24) is 15.1 Å². The van der Waals surface area contributed by atoms with Crippen molar-refractivity contribution in [3.05, 3.63) is 120 Å². The van der Waals surface area contributed by atoms with E-state index in [0.29, 0.717) is 37.4 Å². The molecule has 0 aliphatic carbocycles. The normalized spacial score (nSPS) is 13.1. The molecule has 1 aliphatic rings. The van der Waals surface area contributed by atoms with Crippen LogP contribution in [-0.4, -0.2) is 76.7 Å². The SMILES string of the molecule is O=C(NCCN1CCCC1)c1cccc(-c2cccc(CN(CCc3ccc(O)cc3)C(=O)C=Cc3ccco3)c2)c1.O=C(O)C(F)(F)F. The first-order valence-corrected chi connectivity index (χ1v) is 15.8. The lowest BCUT2D eigenvalue weighted by Crippen LogP contribution is -2.33. The van der Waals surface area contributed by atoms with Gasteiger partial charge in [0.1, 0.15) is 11.5 Å². The summed E-state index contributed by atoms with van der Waals surface area (Å²) in [6.07, 6.45) is 2.82. The molecule has 49 heavy (non-hydrogen) atoms. The number of aliphatic carboxylic acids is 1. The van der Waals surface area contributed by atoms with Crippen LogP contribution >= 0.6 is 0 Å². The van der Waals surface area contributed by atoms with Crippen LogP contribution in [0.15, 0.2) is 102 Å². The van der Waals surface area contributed by atoms with E-state index in [1.165, 1.54) is 18.9 Å². The van der Waals surface area contributed by atoms with Gasteiger partial charge in [-0.3, -0.25) is 9.59 Å². The molecule has 12 heteroatoms. The fraction of sp³-hybridized carbons (Fsp3) is 0.270. The molecule has 0 radical (unpaired) electrons. The van der Waals surface area contributed by atoms with Crippen LogP contribution in [-0.2, 0) is 22.6 Å². The number of carboxylic acids is 1. The number of furan rings is 1. The average Bonchev–Trinajstić information content (AvgIpc) is 3.81. The summed E-state index contributed by atoms with van der Waals surface area (Å²) in [4.78, 5) is 39.2. The van der Waals surface area contributed by atoms with Crippen molar-refractivity contribution in [2.75, 3.05) is 32.7 Å². The molecule has 0 atom stereocenters. The third-order valence-corrected chi connectivity index (χ3v) is 7.77. The molecule has 1 aromatic heterocycles. The van der Waals surface area contributed by atoms with E-state index in [1.807, 2.05) is 54.6 Å². The Balaban J connectivity index is 0.000000698. The number of hydrogen-bond donors (Lipinski definition) is 3. The second kappa shape index (κ2) is 17.7. The molecule has 4 aromatic rings. The quantitative estimate of drug-likeness (QED) is 0.149. The van der Waals surface area contributed by atoms with Crippen LogP contribution in [0.2, 0.25) is 0 Å². The Morgan fingerprint density at radius 2 is 1.57 bits per heavy atom. The maximum Gasteiger partial charge on any atom is 0.490 e. The number of carbonyl (C=O) groups is 3. The van der Waals surface area contributed by atoms with Gasteiger partial charge in [0.25, 0.3) is 5.91 Å². The number of aromatic hydroxyl groups is 1. The van der Waals surface area contributed by atoms with E-state index < -0.39 is 12.1 Å². The number of rotatable bonds is 12. The number of carboxylic acid groups (broad SMARTS) is 1. The third kappa shape index (κ3) is 12.0. The van der Waals surface area contributed by atoms with Gasteiger partial charge in [-0.2, -0.15) is 13.2 Å². The number of alkyl halides is 3. The molecule has 1 saturated heterocycles. The summed E-state index contributed by atoms with van der Waals surface area (Å²) in [6, 6.07) is 26.4. The summed E-state index contributed by atoms with van der Waals surface area (Å²) in [5.41, 5.74) is 4.58. The highest BCUT2D eigenvalue weighted by molar-refractivity contribution is 5.95. The zero-order valence-electron chi connectivity index (χ0n) is 26.7. The minimum absolute atomic E-state index is 0.0680. The topological polar surface area (TPSA) is 123 Å². The fourth-order valence-corrected chi connectivity index (χ4v) is 5.18. The van der Waals surface area contributed by atoms with Crippen LogP contribution in [0.25, 0.3) is 17.2 Å². The summed E-state index contributed by atoms with van der Waals surface area (Å²) in [5, 5.41) is 19.8. The third-order valence-electron chi connectivity index (χ3n) is 7.77. The molecule has 1 aliphatic heterocycles. The van der Waals surface area contributed by atoms with E-state index in [2.05, 4.69) is 16.3 Å². The number of hydrogen-bond acceptors (Lipinski definition) is 6. The molecule has 5 rings (SSSR count). The highest BCUT2D eigenvalue weighted by atomic mass is 19.4. The first-order chi connectivity index (χ1) is 23.5. The summed E-state index contributed by atoms with van der Waals surface area (Å²) in [7, 11) is 0. The van der Waals surface area contributed by atoms with Crippen LogP contribution < -0.4 is 5.32 Å². The van der Waals surface area contributed by atoms with Gasteiger partial charge < -0.3 is 29.7 Å². The standard InChI is InChI=1S/C35H37N3O4.C2HF3O2/c39-32-13-11-27(12-14-32)17-21-38(34(40)16-15-33-10-5-23-42-33)26-28-6-3-7-29(24-28)30-8-4-9-31(25-30)35(41)36-18-22-37-19-1-2-20-37;3-2(4,5)1(6)7/h3-16,23-25,39H,1-2,17-22,26H2,(H,36,41);(H,6,7).